The van der Waals surface area contributed by atoms with Crippen LogP contribution in [0.2, 0.25) is 0 Å². The fraction of sp³-hybridized carbons (Fsp3) is 0.200. The van der Waals surface area contributed by atoms with Gasteiger partial charge in [-0.2, -0.15) is 0 Å². The van der Waals surface area contributed by atoms with Crippen LogP contribution < -0.4 is 16.2 Å². The smallest absolute Gasteiger partial charge is 0.257 e. The zero-order chi connectivity index (χ0) is 18.4. The molecule has 3 N–H and O–H groups in total. The number of para-hydroxylation sites is 1. The summed E-state index contributed by atoms with van der Waals surface area (Å²) in [5.74, 6) is -0.531. The number of hydrogen-bond donors (Lipinski definition) is 3. The van der Waals surface area contributed by atoms with E-state index >= 15 is 0 Å². The van der Waals surface area contributed by atoms with Gasteiger partial charge in [0.05, 0.1) is 6.54 Å². The van der Waals surface area contributed by atoms with E-state index in [-0.39, 0.29) is 24.8 Å². The fourth-order valence-corrected chi connectivity index (χ4v) is 2.66. The molecule has 0 aliphatic carbocycles. The molecule has 6 heteroatoms. The highest BCUT2D eigenvalue weighted by Gasteiger charge is 2.06. The first-order chi connectivity index (χ1) is 12.6. The third-order valence-electron chi connectivity index (χ3n) is 4.11. The van der Waals surface area contributed by atoms with E-state index in [9.17, 15) is 9.59 Å². The van der Waals surface area contributed by atoms with Gasteiger partial charge < -0.3 is 9.88 Å². The van der Waals surface area contributed by atoms with Crippen LogP contribution in [0.15, 0.2) is 60.8 Å². The van der Waals surface area contributed by atoms with Gasteiger partial charge in [0.1, 0.15) is 0 Å². The van der Waals surface area contributed by atoms with Crippen LogP contribution in [0.3, 0.4) is 0 Å². The molecule has 3 aromatic rings. The van der Waals surface area contributed by atoms with Crippen LogP contribution in [0, 0.1) is 6.92 Å². The summed E-state index contributed by atoms with van der Waals surface area (Å²) in [6.45, 7) is 2.64. The van der Waals surface area contributed by atoms with Gasteiger partial charge in [-0.3, -0.25) is 20.4 Å². The van der Waals surface area contributed by atoms with E-state index in [0.29, 0.717) is 6.54 Å². The minimum absolute atomic E-state index is 0.0889. The number of rotatable bonds is 6. The second kappa shape index (κ2) is 8.20. The quantitative estimate of drug-likeness (QED) is 0.598. The minimum Gasteiger partial charge on any atom is -0.376 e. The number of aryl methyl sites for hydroxylation is 2. The average molecular weight is 350 g/mol. The zero-order valence-electron chi connectivity index (χ0n) is 14.7. The summed E-state index contributed by atoms with van der Waals surface area (Å²) >= 11 is 0. The van der Waals surface area contributed by atoms with Crippen molar-refractivity contribution in [2.45, 2.75) is 19.9 Å². The van der Waals surface area contributed by atoms with Crippen molar-refractivity contribution in [1.82, 2.24) is 15.4 Å². The van der Waals surface area contributed by atoms with Crippen LogP contribution in [0.1, 0.15) is 12.0 Å². The molecule has 26 heavy (non-hydrogen) atoms. The third-order valence-corrected chi connectivity index (χ3v) is 4.11. The predicted molar refractivity (Wildman–Crippen MR) is 103 cm³/mol. The Morgan fingerprint density at radius 1 is 0.923 bits per heavy atom. The topological polar surface area (TPSA) is 75.2 Å². The lowest BCUT2D eigenvalue weighted by molar-refractivity contribution is -0.128. The van der Waals surface area contributed by atoms with Crippen LogP contribution >= 0.6 is 0 Å². The number of amides is 2. The number of benzene rings is 2. The molecule has 0 atom stereocenters. The van der Waals surface area contributed by atoms with E-state index in [1.807, 2.05) is 72.3 Å². The lowest BCUT2D eigenvalue weighted by Crippen LogP contribution is -2.44. The van der Waals surface area contributed by atoms with Crippen molar-refractivity contribution in [1.29, 1.82) is 0 Å². The summed E-state index contributed by atoms with van der Waals surface area (Å²) in [5.41, 5.74) is 7.97. The molecule has 2 amide bonds. The Hall–Kier alpha value is -3.28. The van der Waals surface area contributed by atoms with E-state index in [4.69, 9.17) is 0 Å². The molecule has 6 nitrogen and oxygen atoms in total. The van der Waals surface area contributed by atoms with Crippen LogP contribution in [0.5, 0.6) is 0 Å². The molecule has 2 aromatic carbocycles. The molecule has 1 aromatic heterocycles. The van der Waals surface area contributed by atoms with E-state index in [1.165, 1.54) is 0 Å². The highest BCUT2D eigenvalue weighted by molar-refractivity contribution is 5.84. The Labute approximate surface area is 152 Å². The largest absolute Gasteiger partial charge is 0.376 e. The van der Waals surface area contributed by atoms with E-state index in [1.54, 1.807) is 0 Å². The SMILES string of the molecule is Cc1ccc(NCC(=O)NNC(=O)CCn2ccc3ccccc32)cc1. The molecule has 0 fully saturated rings. The molecule has 134 valence electrons. The molecule has 0 aliphatic rings. The van der Waals surface area contributed by atoms with Crippen molar-refractivity contribution in [3.8, 4) is 0 Å². The highest BCUT2D eigenvalue weighted by Crippen LogP contribution is 2.15. The summed E-state index contributed by atoms with van der Waals surface area (Å²) in [7, 11) is 0. The van der Waals surface area contributed by atoms with Crippen molar-refractivity contribution in [3.05, 3.63) is 66.4 Å². The van der Waals surface area contributed by atoms with E-state index in [2.05, 4.69) is 16.2 Å². The molecule has 0 unspecified atom stereocenters. The summed E-state index contributed by atoms with van der Waals surface area (Å²) < 4.78 is 2.02. The standard InChI is InChI=1S/C20H22N4O2/c1-15-6-8-17(9-7-15)21-14-20(26)23-22-19(25)11-13-24-12-10-16-4-2-3-5-18(16)24/h2-10,12,21H,11,13-14H2,1H3,(H,22,25)(H,23,26). The lowest BCUT2D eigenvalue weighted by Gasteiger charge is -2.10. The number of carbonyl (C=O) groups excluding carboxylic acids is 2. The summed E-state index contributed by atoms with van der Waals surface area (Å²) in [6, 6.07) is 17.8. The molecule has 3 rings (SSSR count). The maximum Gasteiger partial charge on any atom is 0.257 e. The van der Waals surface area contributed by atoms with E-state index < -0.39 is 0 Å². The highest BCUT2D eigenvalue weighted by atomic mass is 16.2. The first kappa shape index (κ1) is 17.5. The van der Waals surface area contributed by atoms with Gasteiger partial charge in [0.25, 0.3) is 5.91 Å². The Morgan fingerprint density at radius 2 is 1.65 bits per heavy atom. The number of fused-ring (bicyclic) bond motifs is 1. The van der Waals surface area contributed by atoms with Gasteiger partial charge in [0, 0.05) is 30.4 Å². The van der Waals surface area contributed by atoms with Crippen molar-refractivity contribution in [3.63, 3.8) is 0 Å². The second-order valence-electron chi connectivity index (χ2n) is 6.13. The Kier molecular flexibility index (Phi) is 5.53. The molecule has 0 aliphatic heterocycles. The van der Waals surface area contributed by atoms with Crippen molar-refractivity contribution in [2.24, 2.45) is 0 Å². The molecule has 0 saturated carbocycles. The number of carbonyl (C=O) groups is 2. The average Bonchev–Trinajstić information content (AvgIpc) is 3.07. The number of aromatic nitrogens is 1. The van der Waals surface area contributed by atoms with Crippen LogP contribution in [0.4, 0.5) is 5.69 Å². The summed E-state index contributed by atoms with van der Waals surface area (Å²) in [5, 5.41) is 4.14. The Bertz CT molecular complexity index is 900. The summed E-state index contributed by atoms with van der Waals surface area (Å²) in [6.07, 6.45) is 2.24. The molecule has 0 radical (unpaired) electrons. The van der Waals surface area contributed by atoms with Crippen molar-refractivity contribution >= 4 is 28.4 Å². The number of hydrazine groups is 1. The first-order valence-corrected chi connectivity index (χ1v) is 8.54. The van der Waals surface area contributed by atoms with Crippen LogP contribution in [-0.2, 0) is 16.1 Å². The van der Waals surface area contributed by atoms with Gasteiger partial charge in [-0.15, -0.1) is 0 Å². The maximum absolute atomic E-state index is 11.9. The number of hydrogen-bond acceptors (Lipinski definition) is 3. The Balaban J connectivity index is 1.39. The predicted octanol–water partition coefficient (Wildman–Crippen LogP) is 2.60. The molecule has 0 saturated heterocycles. The van der Waals surface area contributed by atoms with Gasteiger partial charge in [-0.1, -0.05) is 35.9 Å². The third kappa shape index (κ3) is 4.63. The zero-order valence-corrected chi connectivity index (χ0v) is 14.7. The van der Waals surface area contributed by atoms with Crippen molar-refractivity contribution in [2.75, 3.05) is 11.9 Å². The summed E-state index contributed by atoms with van der Waals surface area (Å²) in [4.78, 5) is 23.7. The number of nitrogens with one attached hydrogen (secondary N) is 3. The Morgan fingerprint density at radius 3 is 2.46 bits per heavy atom. The number of nitrogens with zero attached hydrogens (tertiary/aromatic N) is 1. The number of anilines is 1. The van der Waals surface area contributed by atoms with Gasteiger partial charge in [-0.05, 0) is 36.6 Å². The molecular formula is C20H22N4O2. The molecule has 0 bridgehead atoms. The van der Waals surface area contributed by atoms with Gasteiger partial charge in [-0.25, -0.2) is 0 Å². The van der Waals surface area contributed by atoms with Gasteiger partial charge in [0.15, 0.2) is 0 Å². The molecule has 0 spiro atoms. The molecular weight excluding hydrogens is 328 g/mol. The van der Waals surface area contributed by atoms with Crippen LogP contribution in [0.25, 0.3) is 10.9 Å². The maximum atomic E-state index is 11.9. The fourth-order valence-electron chi connectivity index (χ4n) is 2.66. The van der Waals surface area contributed by atoms with Crippen molar-refractivity contribution < 1.29 is 9.59 Å². The van der Waals surface area contributed by atoms with Crippen LogP contribution in [-0.4, -0.2) is 22.9 Å². The normalized spacial score (nSPS) is 10.5. The minimum atomic E-state index is -0.301. The first-order valence-electron chi connectivity index (χ1n) is 8.54. The molecule has 1 heterocycles. The second-order valence-corrected chi connectivity index (χ2v) is 6.13. The monoisotopic (exact) mass is 350 g/mol. The van der Waals surface area contributed by atoms with Gasteiger partial charge >= 0.3 is 0 Å². The van der Waals surface area contributed by atoms with Gasteiger partial charge in [0.2, 0.25) is 5.91 Å². The lowest BCUT2D eigenvalue weighted by atomic mass is 10.2. The van der Waals surface area contributed by atoms with E-state index in [0.717, 1.165) is 22.2 Å².